The highest BCUT2D eigenvalue weighted by molar-refractivity contribution is 9.10. The zero-order valence-corrected chi connectivity index (χ0v) is 13.0. The lowest BCUT2D eigenvalue weighted by Crippen LogP contribution is -2.03. The van der Waals surface area contributed by atoms with Gasteiger partial charge in [0.2, 0.25) is 0 Å². The molecule has 0 spiro atoms. The second-order valence-electron chi connectivity index (χ2n) is 4.88. The number of hydrogen-bond acceptors (Lipinski definition) is 2. The minimum absolute atomic E-state index is 0.277. The molecule has 0 aliphatic carbocycles. The average molecular weight is 345 g/mol. The van der Waals surface area contributed by atoms with Crippen LogP contribution in [0.15, 0.2) is 46.9 Å². The summed E-state index contributed by atoms with van der Waals surface area (Å²) in [5, 5.41) is 9.13. The van der Waals surface area contributed by atoms with Gasteiger partial charge >= 0.3 is 5.97 Å². The van der Waals surface area contributed by atoms with Gasteiger partial charge in [-0.1, -0.05) is 28.1 Å². The normalized spacial score (nSPS) is 11.0. The van der Waals surface area contributed by atoms with Crippen LogP contribution in [0.25, 0.3) is 11.0 Å². The Morgan fingerprint density at radius 2 is 1.95 bits per heavy atom. The van der Waals surface area contributed by atoms with Crippen LogP contribution in [0.2, 0.25) is 0 Å². The number of nitrogens with zero attached hydrogens (tertiary/aromatic N) is 2. The Kier molecular flexibility index (Phi) is 3.51. The molecule has 1 aromatic heterocycles. The van der Waals surface area contributed by atoms with Gasteiger partial charge in [0.1, 0.15) is 5.82 Å². The molecule has 1 N–H and O–H groups in total. The van der Waals surface area contributed by atoms with Gasteiger partial charge in [0.05, 0.1) is 16.6 Å². The van der Waals surface area contributed by atoms with Crippen LogP contribution in [0.1, 0.15) is 21.7 Å². The second kappa shape index (κ2) is 5.33. The molecule has 21 heavy (non-hydrogen) atoms. The fraction of sp³-hybridized carbons (Fsp3) is 0.125. The lowest BCUT2D eigenvalue weighted by atomic mass is 10.2. The first-order chi connectivity index (χ1) is 10.0. The molecule has 0 saturated heterocycles. The second-order valence-corrected chi connectivity index (χ2v) is 5.80. The van der Waals surface area contributed by atoms with Crippen LogP contribution in [-0.2, 0) is 6.54 Å². The molecule has 0 fully saturated rings. The Balaban J connectivity index is 2.08. The summed E-state index contributed by atoms with van der Waals surface area (Å²) in [7, 11) is 0. The number of rotatable bonds is 3. The predicted octanol–water partition coefficient (Wildman–Crippen LogP) is 3.85. The number of aromatic carboxylic acids is 1. The van der Waals surface area contributed by atoms with E-state index < -0.39 is 5.97 Å². The fourth-order valence-electron chi connectivity index (χ4n) is 2.35. The molecule has 3 rings (SSSR count). The van der Waals surface area contributed by atoms with Gasteiger partial charge in [-0.2, -0.15) is 0 Å². The smallest absolute Gasteiger partial charge is 0.335 e. The van der Waals surface area contributed by atoms with E-state index in [2.05, 4.69) is 20.9 Å². The Morgan fingerprint density at radius 1 is 1.24 bits per heavy atom. The zero-order chi connectivity index (χ0) is 15.0. The van der Waals surface area contributed by atoms with E-state index in [1.54, 1.807) is 18.2 Å². The molecule has 0 aliphatic heterocycles. The average Bonchev–Trinajstić information content (AvgIpc) is 2.77. The summed E-state index contributed by atoms with van der Waals surface area (Å²) < 4.78 is 3.07. The van der Waals surface area contributed by atoms with E-state index in [9.17, 15) is 4.79 Å². The molecule has 5 heteroatoms. The number of carboxylic acids is 1. The van der Waals surface area contributed by atoms with Crippen LogP contribution in [-0.4, -0.2) is 20.6 Å². The van der Waals surface area contributed by atoms with Crippen molar-refractivity contribution in [2.24, 2.45) is 0 Å². The number of aryl methyl sites for hydroxylation is 1. The third-order valence-corrected chi connectivity index (χ3v) is 3.97. The first-order valence-electron chi connectivity index (χ1n) is 6.49. The summed E-state index contributed by atoms with van der Waals surface area (Å²) in [6.45, 7) is 2.60. The largest absolute Gasteiger partial charge is 0.478 e. The lowest BCUT2D eigenvalue weighted by Gasteiger charge is -2.07. The van der Waals surface area contributed by atoms with Crippen LogP contribution < -0.4 is 0 Å². The van der Waals surface area contributed by atoms with Crippen LogP contribution in [0.4, 0.5) is 0 Å². The number of fused-ring (bicyclic) bond motifs is 1. The number of halogens is 1. The van der Waals surface area contributed by atoms with Gasteiger partial charge in [-0.05, 0) is 42.8 Å². The number of hydrogen-bond donors (Lipinski definition) is 1. The van der Waals surface area contributed by atoms with Crippen molar-refractivity contribution in [1.29, 1.82) is 0 Å². The predicted molar refractivity (Wildman–Crippen MR) is 84.7 cm³/mol. The highest BCUT2D eigenvalue weighted by Gasteiger charge is 2.11. The highest BCUT2D eigenvalue weighted by Crippen LogP contribution is 2.20. The third-order valence-electron chi connectivity index (χ3n) is 3.44. The summed E-state index contributed by atoms with van der Waals surface area (Å²) in [4.78, 5) is 15.6. The molecule has 2 aromatic carbocycles. The van der Waals surface area contributed by atoms with Crippen molar-refractivity contribution >= 4 is 32.9 Å². The number of benzene rings is 2. The number of aromatic nitrogens is 2. The van der Waals surface area contributed by atoms with Gasteiger partial charge in [0, 0.05) is 11.0 Å². The maximum Gasteiger partial charge on any atom is 0.335 e. The van der Waals surface area contributed by atoms with Crippen LogP contribution in [0, 0.1) is 6.92 Å². The summed E-state index contributed by atoms with van der Waals surface area (Å²) in [5.41, 5.74) is 3.07. The Hall–Kier alpha value is -2.14. The standard InChI is InChI=1S/C16H13BrN2O2/c1-10-18-14-7-4-12(16(20)21)8-15(14)19(10)9-11-2-5-13(17)6-3-11/h2-8H,9H2,1H3,(H,20,21). The van der Waals surface area contributed by atoms with Crippen molar-refractivity contribution in [2.75, 3.05) is 0 Å². The van der Waals surface area contributed by atoms with E-state index in [4.69, 9.17) is 5.11 Å². The number of carbonyl (C=O) groups is 1. The molecule has 0 unspecified atom stereocenters. The molecule has 4 nitrogen and oxygen atoms in total. The number of imidazole rings is 1. The molecular weight excluding hydrogens is 332 g/mol. The molecule has 0 bridgehead atoms. The van der Waals surface area contributed by atoms with Crippen molar-refractivity contribution in [3.05, 3.63) is 63.9 Å². The molecular formula is C16H13BrN2O2. The third kappa shape index (κ3) is 2.69. The maximum atomic E-state index is 11.1. The SMILES string of the molecule is Cc1nc2ccc(C(=O)O)cc2n1Cc1ccc(Br)cc1. The zero-order valence-electron chi connectivity index (χ0n) is 11.4. The summed E-state index contributed by atoms with van der Waals surface area (Å²) >= 11 is 3.42. The highest BCUT2D eigenvalue weighted by atomic mass is 79.9. The van der Waals surface area contributed by atoms with E-state index in [0.717, 1.165) is 26.9 Å². The van der Waals surface area contributed by atoms with Crippen molar-refractivity contribution in [3.63, 3.8) is 0 Å². The molecule has 0 saturated carbocycles. The van der Waals surface area contributed by atoms with Crippen molar-refractivity contribution in [2.45, 2.75) is 13.5 Å². The molecule has 0 amide bonds. The minimum Gasteiger partial charge on any atom is -0.478 e. The minimum atomic E-state index is -0.925. The van der Waals surface area contributed by atoms with Crippen LogP contribution in [0.3, 0.4) is 0 Å². The first-order valence-corrected chi connectivity index (χ1v) is 7.28. The molecule has 0 atom stereocenters. The Labute approximate surface area is 130 Å². The van der Waals surface area contributed by atoms with Crippen molar-refractivity contribution in [3.8, 4) is 0 Å². The van der Waals surface area contributed by atoms with Crippen LogP contribution in [0.5, 0.6) is 0 Å². The topological polar surface area (TPSA) is 55.1 Å². The van der Waals surface area contributed by atoms with E-state index in [1.165, 1.54) is 0 Å². The van der Waals surface area contributed by atoms with E-state index >= 15 is 0 Å². The van der Waals surface area contributed by atoms with Crippen LogP contribution >= 0.6 is 15.9 Å². The van der Waals surface area contributed by atoms with Crippen molar-refractivity contribution in [1.82, 2.24) is 9.55 Å². The summed E-state index contributed by atoms with van der Waals surface area (Å²) in [5.74, 6) is -0.0543. The lowest BCUT2D eigenvalue weighted by molar-refractivity contribution is 0.0697. The van der Waals surface area contributed by atoms with E-state index in [0.29, 0.717) is 6.54 Å². The van der Waals surface area contributed by atoms with Gasteiger partial charge in [0.25, 0.3) is 0 Å². The Bertz CT molecular complexity index is 822. The van der Waals surface area contributed by atoms with Gasteiger partial charge in [-0.25, -0.2) is 9.78 Å². The molecule has 0 aliphatic rings. The van der Waals surface area contributed by atoms with Gasteiger partial charge < -0.3 is 9.67 Å². The molecule has 1 heterocycles. The number of carboxylic acid groups (broad SMARTS) is 1. The van der Waals surface area contributed by atoms with Gasteiger partial charge in [-0.15, -0.1) is 0 Å². The fourth-order valence-corrected chi connectivity index (χ4v) is 2.61. The van der Waals surface area contributed by atoms with E-state index in [-0.39, 0.29) is 5.56 Å². The molecule has 0 radical (unpaired) electrons. The van der Waals surface area contributed by atoms with Crippen molar-refractivity contribution < 1.29 is 9.90 Å². The van der Waals surface area contributed by atoms with E-state index in [1.807, 2.05) is 35.8 Å². The monoisotopic (exact) mass is 344 g/mol. The summed E-state index contributed by atoms with van der Waals surface area (Å²) in [6, 6.07) is 13.1. The summed E-state index contributed by atoms with van der Waals surface area (Å²) in [6.07, 6.45) is 0. The molecule has 3 aromatic rings. The Morgan fingerprint density at radius 3 is 2.62 bits per heavy atom. The quantitative estimate of drug-likeness (QED) is 0.784. The first kappa shape index (κ1) is 13.8. The van der Waals surface area contributed by atoms with Gasteiger partial charge in [-0.3, -0.25) is 0 Å². The maximum absolute atomic E-state index is 11.1. The molecule has 106 valence electrons. The van der Waals surface area contributed by atoms with Gasteiger partial charge in [0.15, 0.2) is 0 Å².